The van der Waals surface area contributed by atoms with Crippen LogP contribution in [-0.4, -0.2) is 43.8 Å². The van der Waals surface area contributed by atoms with Gasteiger partial charge in [-0.3, -0.25) is 9.36 Å². The molecule has 0 unspecified atom stereocenters. The highest BCUT2D eigenvalue weighted by Crippen LogP contribution is 2.37. The molecule has 1 saturated heterocycles. The summed E-state index contributed by atoms with van der Waals surface area (Å²) in [5.41, 5.74) is 2.51. The fourth-order valence-corrected chi connectivity index (χ4v) is 4.32. The number of nitrogens with zero attached hydrogens (tertiary/aromatic N) is 5. The van der Waals surface area contributed by atoms with Crippen molar-refractivity contribution in [2.45, 2.75) is 44.8 Å². The van der Waals surface area contributed by atoms with Crippen LogP contribution in [0.25, 0.3) is 11.0 Å². The van der Waals surface area contributed by atoms with Gasteiger partial charge in [0, 0.05) is 30.7 Å². The average Bonchev–Trinajstić information content (AvgIpc) is 3.59. The lowest BCUT2D eigenvalue weighted by atomic mass is 10.1. The van der Waals surface area contributed by atoms with Gasteiger partial charge in [0.05, 0.1) is 22.5 Å². The largest absolute Gasteiger partial charge is 0.393 e. The first kappa shape index (κ1) is 19.4. The minimum Gasteiger partial charge on any atom is -0.393 e. The van der Waals surface area contributed by atoms with Crippen LogP contribution in [0.5, 0.6) is 0 Å². The number of halogens is 1. The molecule has 4 heterocycles. The number of hydrogen-bond donors (Lipinski definition) is 2. The predicted molar refractivity (Wildman–Crippen MR) is 119 cm³/mol. The highest BCUT2D eigenvalue weighted by molar-refractivity contribution is 9.10. The zero-order valence-corrected chi connectivity index (χ0v) is 18.3. The Kier molecular flexibility index (Phi) is 4.94. The number of piperidine rings is 1. The summed E-state index contributed by atoms with van der Waals surface area (Å²) in [4.78, 5) is 28.6. The van der Waals surface area contributed by atoms with E-state index in [4.69, 9.17) is 0 Å². The van der Waals surface area contributed by atoms with Gasteiger partial charge in [0.2, 0.25) is 5.95 Å². The van der Waals surface area contributed by atoms with Gasteiger partial charge >= 0.3 is 0 Å². The third-order valence-electron chi connectivity index (χ3n) is 5.87. The van der Waals surface area contributed by atoms with Crippen molar-refractivity contribution < 1.29 is 5.11 Å². The van der Waals surface area contributed by atoms with Gasteiger partial charge in [0.1, 0.15) is 11.5 Å². The van der Waals surface area contributed by atoms with Gasteiger partial charge in [-0.25, -0.2) is 9.97 Å². The number of rotatable bonds is 4. The molecule has 9 heteroatoms. The predicted octanol–water partition coefficient (Wildman–Crippen LogP) is 3.30. The van der Waals surface area contributed by atoms with Crippen LogP contribution < -0.4 is 15.8 Å². The molecule has 0 amide bonds. The SMILES string of the molecule is Cc1c(Br)c(=O)n(C2CC2)c2nc(Nc3ccc(N4CCC(O)CC4)cn3)ncc12. The minimum atomic E-state index is -0.197. The quantitative estimate of drug-likeness (QED) is 0.603. The van der Waals surface area contributed by atoms with E-state index in [1.165, 1.54) is 0 Å². The van der Waals surface area contributed by atoms with Crippen molar-refractivity contribution in [3.05, 3.63) is 44.9 Å². The van der Waals surface area contributed by atoms with E-state index in [0.717, 1.165) is 55.4 Å². The molecular weight excluding hydrogens is 448 g/mol. The molecular formula is C21H23BrN6O2. The van der Waals surface area contributed by atoms with Crippen LogP contribution in [0.4, 0.5) is 17.5 Å². The van der Waals surface area contributed by atoms with Crippen LogP contribution in [0.15, 0.2) is 33.8 Å². The van der Waals surface area contributed by atoms with E-state index < -0.39 is 0 Å². The Hall–Kier alpha value is -2.52. The molecule has 2 aliphatic rings. The molecule has 0 aromatic carbocycles. The van der Waals surface area contributed by atoms with E-state index in [1.54, 1.807) is 10.8 Å². The van der Waals surface area contributed by atoms with Crippen molar-refractivity contribution in [2.24, 2.45) is 0 Å². The molecule has 2 fully saturated rings. The maximum atomic E-state index is 12.8. The lowest BCUT2D eigenvalue weighted by Crippen LogP contribution is -2.35. The molecule has 2 N–H and O–H groups in total. The summed E-state index contributed by atoms with van der Waals surface area (Å²) in [7, 11) is 0. The number of pyridine rings is 2. The fraction of sp³-hybridized carbons (Fsp3) is 0.429. The molecule has 1 saturated carbocycles. The van der Waals surface area contributed by atoms with Gasteiger partial charge in [-0.2, -0.15) is 4.98 Å². The molecule has 3 aromatic heterocycles. The molecule has 1 aliphatic heterocycles. The smallest absolute Gasteiger partial charge is 0.267 e. The summed E-state index contributed by atoms with van der Waals surface area (Å²) in [6, 6.07) is 4.12. The van der Waals surface area contributed by atoms with Gasteiger partial charge in [-0.1, -0.05) is 0 Å². The van der Waals surface area contributed by atoms with Crippen LogP contribution in [0, 0.1) is 6.92 Å². The molecule has 0 radical (unpaired) electrons. The Morgan fingerprint density at radius 1 is 1.13 bits per heavy atom. The Morgan fingerprint density at radius 3 is 2.57 bits per heavy atom. The zero-order chi connectivity index (χ0) is 20.8. The minimum absolute atomic E-state index is 0.0405. The fourth-order valence-electron chi connectivity index (χ4n) is 3.92. The molecule has 5 rings (SSSR count). The molecule has 1 aliphatic carbocycles. The molecule has 0 spiro atoms. The molecule has 8 nitrogen and oxygen atoms in total. The maximum absolute atomic E-state index is 12.8. The Morgan fingerprint density at radius 2 is 1.90 bits per heavy atom. The first-order valence-corrected chi connectivity index (χ1v) is 11.0. The molecule has 0 atom stereocenters. The second-order valence-electron chi connectivity index (χ2n) is 8.02. The van der Waals surface area contributed by atoms with Crippen molar-refractivity contribution in [1.82, 2.24) is 19.5 Å². The van der Waals surface area contributed by atoms with Gasteiger partial charge in [-0.05, 0) is 66.2 Å². The third-order valence-corrected chi connectivity index (χ3v) is 6.80. The number of aliphatic hydroxyl groups is 1. The summed E-state index contributed by atoms with van der Waals surface area (Å²) in [6.45, 7) is 3.56. The number of fused-ring (bicyclic) bond motifs is 1. The number of aliphatic hydroxyl groups excluding tert-OH is 1. The first-order chi connectivity index (χ1) is 14.5. The molecule has 156 valence electrons. The summed E-state index contributed by atoms with van der Waals surface area (Å²) in [5, 5.41) is 13.7. The number of aromatic nitrogens is 4. The van der Waals surface area contributed by atoms with E-state index in [-0.39, 0.29) is 17.7 Å². The van der Waals surface area contributed by atoms with Crippen LogP contribution in [0.3, 0.4) is 0 Å². The van der Waals surface area contributed by atoms with Crippen LogP contribution >= 0.6 is 15.9 Å². The number of hydrogen-bond acceptors (Lipinski definition) is 7. The van der Waals surface area contributed by atoms with Crippen molar-refractivity contribution in [1.29, 1.82) is 0 Å². The van der Waals surface area contributed by atoms with Gasteiger partial charge in [0.25, 0.3) is 5.56 Å². The second kappa shape index (κ2) is 7.63. The molecule has 0 bridgehead atoms. The summed E-state index contributed by atoms with van der Waals surface area (Å²) in [6.07, 6.45) is 6.94. The summed E-state index contributed by atoms with van der Waals surface area (Å²) >= 11 is 3.43. The number of nitrogens with one attached hydrogen (secondary N) is 1. The van der Waals surface area contributed by atoms with Gasteiger partial charge in [0.15, 0.2) is 0 Å². The van der Waals surface area contributed by atoms with E-state index in [1.807, 2.05) is 25.3 Å². The highest BCUT2D eigenvalue weighted by atomic mass is 79.9. The van der Waals surface area contributed by atoms with E-state index in [9.17, 15) is 9.90 Å². The van der Waals surface area contributed by atoms with Crippen LogP contribution in [0.1, 0.15) is 37.3 Å². The van der Waals surface area contributed by atoms with Gasteiger partial charge in [-0.15, -0.1) is 0 Å². The van der Waals surface area contributed by atoms with Crippen LogP contribution in [-0.2, 0) is 0 Å². The Bertz CT molecular complexity index is 1150. The van der Waals surface area contributed by atoms with Crippen molar-refractivity contribution in [3.63, 3.8) is 0 Å². The number of anilines is 3. The van der Waals surface area contributed by atoms with Crippen molar-refractivity contribution in [3.8, 4) is 0 Å². The van der Waals surface area contributed by atoms with E-state index in [0.29, 0.717) is 21.9 Å². The normalized spacial score (nSPS) is 17.5. The topological polar surface area (TPSA) is 96.2 Å². The van der Waals surface area contributed by atoms with Crippen molar-refractivity contribution in [2.75, 3.05) is 23.3 Å². The third kappa shape index (κ3) is 3.56. The molecule has 3 aromatic rings. The first-order valence-electron chi connectivity index (χ1n) is 10.2. The van der Waals surface area contributed by atoms with Crippen LogP contribution in [0.2, 0.25) is 0 Å². The molecule has 30 heavy (non-hydrogen) atoms. The Balaban J connectivity index is 1.42. The maximum Gasteiger partial charge on any atom is 0.267 e. The lowest BCUT2D eigenvalue weighted by molar-refractivity contribution is 0.145. The average molecular weight is 471 g/mol. The van der Waals surface area contributed by atoms with E-state index >= 15 is 0 Å². The Labute approximate surface area is 182 Å². The van der Waals surface area contributed by atoms with Crippen molar-refractivity contribution >= 4 is 44.4 Å². The second-order valence-corrected chi connectivity index (χ2v) is 8.81. The van der Waals surface area contributed by atoms with E-state index in [2.05, 4.69) is 41.1 Å². The summed E-state index contributed by atoms with van der Waals surface area (Å²) < 4.78 is 2.36. The number of aryl methyl sites for hydroxylation is 1. The lowest BCUT2D eigenvalue weighted by Gasteiger charge is -2.31. The monoisotopic (exact) mass is 470 g/mol. The van der Waals surface area contributed by atoms with Gasteiger partial charge < -0.3 is 15.3 Å². The highest BCUT2D eigenvalue weighted by Gasteiger charge is 2.29. The zero-order valence-electron chi connectivity index (χ0n) is 16.7. The summed E-state index contributed by atoms with van der Waals surface area (Å²) in [5.74, 6) is 1.06. The standard InChI is InChI=1S/C21H23BrN6O2/c1-12-16-11-24-21(26-19(16)28(13-2-3-13)20(30)18(12)22)25-17-5-4-14(10-23-17)27-8-6-15(29)7-9-27/h4-5,10-11,13,15,29H,2-3,6-9H2,1H3,(H,23,24,25,26).